The van der Waals surface area contributed by atoms with E-state index in [1.807, 2.05) is 4.90 Å². The smallest absolute Gasteiger partial charge is 0.305 e. The largest absolute Gasteiger partial charge is 0.481 e. The fourth-order valence-corrected chi connectivity index (χ4v) is 2.43. The van der Waals surface area contributed by atoms with Crippen molar-refractivity contribution in [1.29, 1.82) is 0 Å². The van der Waals surface area contributed by atoms with Crippen LogP contribution >= 0.6 is 0 Å². The summed E-state index contributed by atoms with van der Waals surface area (Å²) in [6, 6.07) is 4.48. The van der Waals surface area contributed by atoms with Crippen molar-refractivity contribution < 1.29 is 19.6 Å². The number of nitrogens with one attached hydrogen (secondary N) is 1. The molecule has 0 aromatic heterocycles. The second-order valence-electron chi connectivity index (χ2n) is 5.16. The van der Waals surface area contributed by atoms with E-state index in [0.29, 0.717) is 31.9 Å². The second kappa shape index (κ2) is 7.43. The van der Waals surface area contributed by atoms with Gasteiger partial charge in [0.1, 0.15) is 0 Å². The third-order valence-electron chi connectivity index (χ3n) is 3.65. The Hall–Kier alpha value is -2.84. The highest BCUT2D eigenvalue weighted by atomic mass is 16.6. The van der Waals surface area contributed by atoms with Gasteiger partial charge in [0.05, 0.1) is 22.7 Å². The van der Waals surface area contributed by atoms with Crippen LogP contribution in [0.2, 0.25) is 0 Å². The highest BCUT2D eigenvalue weighted by Gasteiger charge is 2.20. The molecule has 1 heterocycles. The van der Waals surface area contributed by atoms with Gasteiger partial charge >= 0.3 is 5.97 Å². The third-order valence-corrected chi connectivity index (χ3v) is 3.65. The van der Waals surface area contributed by atoms with Gasteiger partial charge in [0, 0.05) is 44.9 Å². The number of nitrogens with zero attached hydrogens (tertiary/aromatic N) is 3. The van der Waals surface area contributed by atoms with Crippen LogP contribution in [0.25, 0.3) is 0 Å². The molecule has 1 aromatic rings. The molecule has 9 heteroatoms. The van der Waals surface area contributed by atoms with Gasteiger partial charge in [0.25, 0.3) is 5.69 Å². The number of amides is 1. The van der Waals surface area contributed by atoms with Gasteiger partial charge in [-0.25, -0.2) is 0 Å². The Kier molecular flexibility index (Phi) is 5.34. The number of carbonyl (C=O) groups is 2. The lowest BCUT2D eigenvalue weighted by Crippen LogP contribution is -2.45. The first-order chi connectivity index (χ1) is 11.0. The molecule has 1 aliphatic heterocycles. The summed E-state index contributed by atoms with van der Waals surface area (Å²) < 4.78 is 0. The van der Waals surface area contributed by atoms with Gasteiger partial charge in [-0.2, -0.15) is 0 Å². The zero-order valence-corrected chi connectivity index (χ0v) is 12.5. The summed E-state index contributed by atoms with van der Waals surface area (Å²) in [5.41, 5.74) is 1.24. The molecular formula is C14H18N4O5. The average molecular weight is 322 g/mol. The van der Waals surface area contributed by atoms with E-state index in [2.05, 4.69) is 5.32 Å². The van der Waals surface area contributed by atoms with Crippen molar-refractivity contribution in [1.82, 2.24) is 4.90 Å². The first-order valence-corrected chi connectivity index (χ1v) is 7.19. The molecule has 124 valence electrons. The summed E-state index contributed by atoms with van der Waals surface area (Å²) in [5.74, 6) is -0.941. The Morgan fingerprint density at radius 3 is 2.61 bits per heavy atom. The first-order valence-electron chi connectivity index (χ1n) is 7.19. The van der Waals surface area contributed by atoms with Crippen LogP contribution in [0.1, 0.15) is 6.42 Å². The summed E-state index contributed by atoms with van der Waals surface area (Å²) in [6.07, 6.45) is 0.722. The van der Waals surface area contributed by atoms with Gasteiger partial charge in [-0.3, -0.25) is 19.7 Å². The van der Waals surface area contributed by atoms with Crippen LogP contribution in [-0.2, 0) is 9.59 Å². The number of carboxylic acids is 1. The lowest BCUT2D eigenvalue weighted by molar-refractivity contribution is -0.384. The van der Waals surface area contributed by atoms with Crippen molar-refractivity contribution >= 4 is 29.4 Å². The molecule has 9 nitrogen and oxygen atoms in total. The van der Waals surface area contributed by atoms with Crippen LogP contribution in [0.15, 0.2) is 18.2 Å². The average Bonchev–Trinajstić information content (AvgIpc) is 2.54. The molecule has 23 heavy (non-hydrogen) atoms. The molecule has 1 amide bonds. The van der Waals surface area contributed by atoms with Crippen LogP contribution in [0.5, 0.6) is 0 Å². The molecule has 2 N–H and O–H groups in total. The van der Waals surface area contributed by atoms with Crippen molar-refractivity contribution in [2.45, 2.75) is 6.42 Å². The number of hydrogen-bond donors (Lipinski definition) is 2. The van der Waals surface area contributed by atoms with E-state index < -0.39 is 10.9 Å². The molecule has 1 aliphatic rings. The number of piperazine rings is 1. The summed E-state index contributed by atoms with van der Waals surface area (Å²) in [6.45, 7) is 2.57. The van der Waals surface area contributed by atoms with Crippen molar-refractivity contribution in [2.24, 2.45) is 0 Å². The minimum Gasteiger partial charge on any atom is -0.481 e. The van der Waals surface area contributed by atoms with Crippen LogP contribution in [0.4, 0.5) is 17.1 Å². The quantitative estimate of drug-likeness (QED) is 0.432. The van der Waals surface area contributed by atoms with Crippen LogP contribution in [0.3, 0.4) is 0 Å². The minimum atomic E-state index is -0.941. The fourth-order valence-electron chi connectivity index (χ4n) is 2.43. The van der Waals surface area contributed by atoms with Crippen LogP contribution in [-0.4, -0.2) is 60.0 Å². The van der Waals surface area contributed by atoms with E-state index in [1.54, 1.807) is 11.0 Å². The van der Waals surface area contributed by atoms with E-state index in [-0.39, 0.29) is 18.7 Å². The SMILES string of the molecule is O=CN1CCN(c2ccc([N+](=O)[O-])cc2NCCC(=O)O)CC1. The number of benzene rings is 1. The monoisotopic (exact) mass is 322 g/mol. The van der Waals surface area contributed by atoms with Crippen molar-refractivity contribution in [3.63, 3.8) is 0 Å². The van der Waals surface area contributed by atoms with Crippen molar-refractivity contribution in [2.75, 3.05) is 42.9 Å². The Morgan fingerprint density at radius 2 is 2.04 bits per heavy atom. The number of hydrogen-bond acceptors (Lipinski definition) is 6. The zero-order valence-electron chi connectivity index (χ0n) is 12.5. The fraction of sp³-hybridized carbons (Fsp3) is 0.429. The van der Waals surface area contributed by atoms with Crippen LogP contribution in [0, 0.1) is 10.1 Å². The molecule has 0 bridgehead atoms. The Bertz CT molecular complexity index is 599. The van der Waals surface area contributed by atoms with Gasteiger partial charge < -0.3 is 20.2 Å². The molecule has 0 spiro atoms. The standard InChI is InChI=1S/C14H18N4O5/c19-10-16-5-7-17(8-6-16)13-2-1-11(18(22)23)9-12(13)15-4-3-14(20)21/h1-2,9-10,15H,3-8H2,(H,20,21). The third kappa shape index (κ3) is 4.31. The molecule has 1 saturated heterocycles. The molecule has 0 atom stereocenters. The van der Waals surface area contributed by atoms with E-state index >= 15 is 0 Å². The summed E-state index contributed by atoms with van der Waals surface area (Å²) in [5, 5.41) is 22.6. The molecule has 1 aromatic carbocycles. The Labute approximate surface area is 132 Å². The molecule has 0 radical (unpaired) electrons. The predicted molar refractivity (Wildman–Crippen MR) is 83.7 cm³/mol. The maximum Gasteiger partial charge on any atom is 0.305 e. The molecule has 0 aliphatic carbocycles. The molecule has 2 rings (SSSR count). The molecule has 0 saturated carbocycles. The summed E-state index contributed by atoms with van der Waals surface area (Å²) in [4.78, 5) is 35.5. The first kappa shape index (κ1) is 16.5. The number of carboxylic acid groups (broad SMARTS) is 1. The van der Waals surface area contributed by atoms with Crippen molar-refractivity contribution in [3.8, 4) is 0 Å². The van der Waals surface area contributed by atoms with Gasteiger partial charge in [-0.15, -0.1) is 0 Å². The predicted octanol–water partition coefficient (Wildman–Crippen LogP) is 0.760. The normalized spacial score (nSPS) is 14.4. The number of non-ortho nitro benzene ring substituents is 1. The highest BCUT2D eigenvalue weighted by molar-refractivity contribution is 5.74. The second-order valence-corrected chi connectivity index (χ2v) is 5.16. The lowest BCUT2D eigenvalue weighted by atomic mass is 10.2. The molecule has 0 unspecified atom stereocenters. The maximum atomic E-state index is 10.9. The van der Waals surface area contributed by atoms with Gasteiger partial charge in [-0.05, 0) is 6.07 Å². The van der Waals surface area contributed by atoms with E-state index in [9.17, 15) is 19.7 Å². The molecule has 1 fully saturated rings. The summed E-state index contributed by atoms with van der Waals surface area (Å²) >= 11 is 0. The van der Waals surface area contributed by atoms with E-state index in [4.69, 9.17) is 5.11 Å². The Balaban J connectivity index is 2.17. The molecular weight excluding hydrogens is 304 g/mol. The van der Waals surface area contributed by atoms with Crippen LogP contribution < -0.4 is 10.2 Å². The number of carbonyl (C=O) groups excluding carboxylic acids is 1. The van der Waals surface area contributed by atoms with E-state index in [1.165, 1.54) is 12.1 Å². The maximum absolute atomic E-state index is 10.9. The number of anilines is 2. The Morgan fingerprint density at radius 1 is 1.35 bits per heavy atom. The van der Waals surface area contributed by atoms with Crippen molar-refractivity contribution in [3.05, 3.63) is 28.3 Å². The number of rotatable bonds is 7. The topological polar surface area (TPSA) is 116 Å². The van der Waals surface area contributed by atoms with Gasteiger partial charge in [-0.1, -0.05) is 0 Å². The number of aliphatic carboxylic acids is 1. The lowest BCUT2D eigenvalue weighted by Gasteiger charge is -2.35. The summed E-state index contributed by atoms with van der Waals surface area (Å²) in [7, 11) is 0. The van der Waals surface area contributed by atoms with Gasteiger partial charge in [0.15, 0.2) is 0 Å². The van der Waals surface area contributed by atoms with Gasteiger partial charge in [0.2, 0.25) is 6.41 Å². The zero-order chi connectivity index (χ0) is 16.8. The highest BCUT2D eigenvalue weighted by Crippen LogP contribution is 2.30. The van der Waals surface area contributed by atoms with E-state index in [0.717, 1.165) is 12.1 Å². The number of nitro benzene ring substituents is 1. The number of nitro groups is 1. The minimum absolute atomic E-state index is 0.0573.